The van der Waals surface area contributed by atoms with Crippen molar-refractivity contribution in [2.45, 2.75) is 6.92 Å². The second-order valence-electron chi connectivity index (χ2n) is 5.12. The number of benzene rings is 1. The lowest BCUT2D eigenvalue weighted by Gasteiger charge is -2.08. The van der Waals surface area contributed by atoms with Gasteiger partial charge in [-0.2, -0.15) is 0 Å². The molecule has 120 valence electrons. The third-order valence-corrected chi connectivity index (χ3v) is 3.27. The number of phenols is 1. The monoisotopic (exact) mass is 322 g/mol. The number of carbonyl (C=O) groups excluding carboxylic acids is 1. The Bertz CT molecular complexity index is 946. The number of aromatic nitrogens is 3. The molecule has 2 N–H and O–H groups in total. The van der Waals surface area contributed by atoms with Crippen LogP contribution in [0.25, 0.3) is 16.7 Å². The summed E-state index contributed by atoms with van der Waals surface area (Å²) in [6.07, 6.45) is 0. The predicted octanol–water partition coefficient (Wildman–Crippen LogP) is 2.25. The zero-order valence-corrected chi connectivity index (χ0v) is 13.1. The number of fused-ring (bicyclic) bond motifs is 1. The van der Waals surface area contributed by atoms with Crippen molar-refractivity contribution in [3.8, 4) is 17.2 Å². The normalized spacial score (nSPS) is 10.2. The maximum absolute atomic E-state index is 11.7. The summed E-state index contributed by atoms with van der Waals surface area (Å²) >= 11 is 0. The molecule has 0 aliphatic carbocycles. The number of rotatable bonds is 4. The summed E-state index contributed by atoms with van der Waals surface area (Å²) in [5.74, 6) is 0.152. The Morgan fingerprint density at radius 2 is 2.12 bits per heavy atom. The van der Waals surface area contributed by atoms with Crippen LogP contribution in [0.1, 0.15) is 6.92 Å². The molecule has 7 heteroatoms. The third-order valence-electron chi connectivity index (χ3n) is 3.27. The molecule has 0 bridgehead atoms. The summed E-state index contributed by atoms with van der Waals surface area (Å²) in [7, 11) is 1.52. The SMILES string of the molecule is C=C(C)C(=O)Nc1ccc(O)c(-n2nc3c#cc(OC)cc3n2)c1. The fraction of sp³-hybridized carbons (Fsp3) is 0.118. The molecule has 0 aliphatic heterocycles. The first-order chi connectivity index (χ1) is 11.5. The van der Waals surface area contributed by atoms with Crippen LogP contribution in [0.4, 0.5) is 5.69 Å². The van der Waals surface area contributed by atoms with Gasteiger partial charge >= 0.3 is 0 Å². The van der Waals surface area contributed by atoms with Crippen LogP contribution in [0.3, 0.4) is 0 Å². The molecular weight excluding hydrogens is 308 g/mol. The van der Waals surface area contributed by atoms with Gasteiger partial charge in [-0.1, -0.05) is 6.58 Å². The summed E-state index contributed by atoms with van der Waals surface area (Å²) < 4.78 is 5.08. The Kier molecular flexibility index (Phi) is 3.80. The Balaban J connectivity index is 2.02. The number of hydrogen-bond acceptors (Lipinski definition) is 5. The standard InChI is InChI=1S/C17H14N4O3/c1-10(2)17(23)18-11-4-7-16(22)15(8-11)21-19-13-6-5-12(24-3)9-14(13)20-21/h4,7-9,22H,1H2,2-3H3,(H,18,23). The van der Waals surface area contributed by atoms with Gasteiger partial charge < -0.3 is 15.2 Å². The van der Waals surface area contributed by atoms with Crippen LogP contribution in [0.2, 0.25) is 0 Å². The van der Waals surface area contributed by atoms with Gasteiger partial charge in [-0.15, -0.1) is 15.0 Å². The van der Waals surface area contributed by atoms with Gasteiger partial charge in [0.25, 0.3) is 5.91 Å². The Morgan fingerprint density at radius 1 is 1.33 bits per heavy atom. The van der Waals surface area contributed by atoms with Gasteiger partial charge in [0, 0.05) is 17.3 Å². The Hall–Kier alpha value is -3.53. The summed E-state index contributed by atoms with van der Waals surface area (Å²) in [6, 6.07) is 11.9. The number of nitrogens with zero attached hydrogens (tertiary/aromatic N) is 3. The number of amides is 1. The first-order valence-electron chi connectivity index (χ1n) is 7.03. The van der Waals surface area contributed by atoms with E-state index in [0.717, 1.165) is 0 Å². The zero-order valence-electron chi connectivity index (χ0n) is 13.1. The molecule has 0 spiro atoms. The number of carbonyl (C=O) groups is 1. The lowest BCUT2D eigenvalue weighted by molar-refractivity contribution is -0.112. The minimum atomic E-state index is -0.308. The molecule has 0 unspecified atom stereocenters. The van der Waals surface area contributed by atoms with Crippen LogP contribution in [-0.4, -0.2) is 33.1 Å². The first kappa shape index (κ1) is 15.4. The van der Waals surface area contributed by atoms with Crippen LogP contribution in [0.5, 0.6) is 11.5 Å². The number of hydrogen-bond donors (Lipinski definition) is 2. The minimum Gasteiger partial charge on any atom is -0.506 e. The molecular formula is C17H14N4O3. The fourth-order valence-corrected chi connectivity index (χ4v) is 2.00. The highest BCUT2D eigenvalue weighted by atomic mass is 16.5. The van der Waals surface area contributed by atoms with Gasteiger partial charge in [-0.05, 0) is 37.3 Å². The number of nitrogens with one attached hydrogen (secondary N) is 1. The molecule has 2 aromatic carbocycles. The molecule has 24 heavy (non-hydrogen) atoms. The van der Waals surface area contributed by atoms with Gasteiger partial charge in [-0.3, -0.25) is 4.79 Å². The zero-order chi connectivity index (χ0) is 17.3. The summed E-state index contributed by atoms with van der Waals surface area (Å²) in [5.41, 5.74) is 2.21. The van der Waals surface area contributed by atoms with E-state index in [1.54, 1.807) is 25.1 Å². The van der Waals surface area contributed by atoms with E-state index in [9.17, 15) is 9.90 Å². The number of aromatic hydroxyl groups is 1. The van der Waals surface area contributed by atoms with Crippen molar-refractivity contribution in [1.29, 1.82) is 0 Å². The molecule has 3 rings (SSSR count). The molecule has 1 heterocycles. The second-order valence-corrected chi connectivity index (χ2v) is 5.12. The molecule has 0 saturated heterocycles. The molecule has 0 aliphatic rings. The number of anilines is 1. The number of methoxy groups -OCH3 is 1. The van der Waals surface area contributed by atoms with E-state index in [0.29, 0.717) is 33.7 Å². The van der Waals surface area contributed by atoms with Gasteiger partial charge in [0.1, 0.15) is 17.0 Å². The van der Waals surface area contributed by atoms with E-state index in [1.165, 1.54) is 18.0 Å². The van der Waals surface area contributed by atoms with E-state index >= 15 is 0 Å². The third kappa shape index (κ3) is 2.85. The molecule has 0 atom stereocenters. The molecule has 0 fully saturated rings. The van der Waals surface area contributed by atoms with Gasteiger partial charge in [0.15, 0.2) is 11.3 Å². The Labute approximate surface area is 138 Å². The van der Waals surface area contributed by atoms with E-state index in [-0.39, 0.29) is 11.7 Å². The minimum absolute atomic E-state index is 0.0282. The highest BCUT2D eigenvalue weighted by Gasteiger charge is 2.12. The van der Waals surface area contributed by atoms with Crippen LogP contribution in [-0.2, 0) is 4.79 Å². The smallest absolute Gasteiger partial charge is 0.250 e. The number of ether oxygens (including phenoxy) is 1. The Morgan fingerprint density at radius 3 is 2.83 bits per heavy atom. The van der Waals surface area contributed by atoms with E-state index in [1.807, 2.05) is 0 Å². The molecule has 0 radical (unpaired) electrons. The summed E-state index contributed by atoms with van der Waals surface area (Å²) in [4.78, 5) is 13.0. The molecule has 3 aromatic rings. The highest BCUT2D eigenvalue weighted by Crippen LogP contribution is 2.25. The maximum atomic E-state index is 11.7. The highest BCUT2D eigenvalue weighted by molar-refractivity contribution is 6.03. The van der Waals surface area contributed by atoms with Crippen molar-refractivity contribution >= 4 is 22.6 Å². The van der Waals surface area contributed by atoms with Crippen LogP contribution in [0.15, 0.2) is 36.4 Å². The predicted molar refractivity (Wildman–Crippen MR) is 88.2 cm³/mol. The van der Waals surface area contributed by atoms with E-state index in [2.05, 4.69) is 34.2 Å². The maximum Gasteiger partial charge on any atom is 0.250 e. The van der Waals surface area contributed by atoms with Gasteiger partial charge in [-0.25, -0.2) is 0 Å². The fourth-order valence-electron chi connectivity index (χ4n) is 2.00. The van der Waals surface area contributed by atoms with Crippen LogP contribution < -0.4 is 10.1 Å². The van der Waals surface area contributed by atoms with E-state index in [4.69, 9.17) is 4.74 Å². The molecule has 1 amide bonds. The van der Waals surface area contributed by atoms with Crippen molar-refractivity contribution in [3.63, 3.8) is 0 Å². The van der Waals surface area contributed by atoms with Crippen molar-refractivity contribution < 1.29 is 14.6 Å². The van der Waals surface area contributed by atoms with Crippen molar-refractivity contribution in [3.05, 3.63) is 48.6 Å². The number of phenolic OH excluding ortho intramolecular Hbond substituents is 1. The first-order valence-corrected chi connectivity index (χ1v) is 7.03. The van der Waals surface area contributed by atoms with Gasteiger partial charge in [0.05, 0.1) is 7.11 Å². The lowest BCUT2D eigenvalue weighted by Crippen LogP contribution is -2.12. The summed E-state index contributed by atoms with van der Waals surface area (Å²) in [5, 5.41) is 21.3. The molecule has 1 aromatic heterocycles. The largest absolute Gasteiger partial charge is 0.506 e. The molecule has 0 saturated carbocycles. The van der Waals surface area contributed by atoms with Crippen LogP contribution in [0, 0.1) is 12.1 Å². The van der Waals surface area contributed by atoms with Gasteiger partial charge in [0.2, 0.25) is 0 Å². The van der Waals surface area contributed by atoms with Crippen molar-refractivity contribution in [1.82, 2.24) is 15.0 Å². The molecule has 7 nitrogen and oxygen atoms in total. The average molecular weight is 322 g/mol. The average Bonchev–Trinajstić information content (AvgIpc) is 2.99. The lowest BCUT2D eigenvalue weighted by atomic mass is 10.2. The second kappa shape index (κ2) is 5.93. The quantitative estimate of drug-likeness (QED) is 0.568. The van der Waals surface area contributed by atoms with Crippen LogP contribution >= 0.6 is 0 Å². The summed E-state index contributed by atoms with van der Waals surface area (Å²) in [6.45, 7) is 5.19. The van der Waals surface area contributed by atoms with Crippen molar-refractivity contribution in [2.24, 2.45) is 0 Å². The topological polar surface area (TPSA) is 89.3 Å². The van der Waals surface area contributed by atoms with Crippen molar-refractivity contribution in [2.75, 3.05) is 12.4 Å². The van der Waals surface area contributed by atoms with E-state index < -0.39 is 0 Å².